The number of hydrogen-bond donors (Lipinski definition) is 2. The molecule has 0 spiro atoms. The first-order valence-corrected chi connectivity index (χ1v) is 16.1. The number of likely N-dealkylation sites (tertiary alicyclic amines) is 1. The van der Waals surface area contributed by atoms with E-state index < -0.39 is 0 Å². The SMILES string of the molecule is CCN1CCN(C2CC(Cl)CC(C(=O)NC3CCC(C)C(C4CC5CNC(C)CC5N(C)C4=O)C3)C2)CC1. The number of alkyl halides is 1. The minimum Gasteiger partial charge on any atom is -0.353 e. The Morgan fingerprint density at radius 2 is 1.79 bits per heavy atom. The van der Waals surface area contributed by atoms with Gasteiger partial charge in [-0.2, -0.15) is 0 Å². The van der Waals surface area contributed by atoms with Gasteiger partial charge in [0.25, 0.3) is 0 Å². The summed E-state index contributed by atoms with van der Waals surface area (Å²) < 4.78 is 0. The van der Waals surface area contributed by atoms with Crippen LogP contribution in [0.3, 0.4) is 0 Å². The van der Waals surface area contributed by atoms with Gasteiger partial charge in [0.05, 0.1) is 0 Å². The number of piperidine rings is 2. The highest BCUT2D eigenvalue weighted by molar-refractivity contribution is 6.20. The first-order valence-electron chi connectivity index (χ1n) is 15.6. The third kappa shape index (κ3) is 6.21. The van der Waals surface area contributed by atoms with Crippen LogP contribution < -0.4 is 10.6 Å². The lowest BCUT2D eigenvalue weighted by Gasteiger charge is -2.50. The molecule has 5 fully saturated rings. The van der Waals surface area contributed by atoms with Crippen LogP contribution in [0.1, 0.15) is 72.1 Å². The third-order valence-electron chi connectivity index (χ3n) is 11.1. The second-order valence-electron chi connectivity index (χ2n) is 13.4. The monoisotopic (exact) mass is 549 g/mol. The van der Waals surface area contributed by atoms with Gasteiger partial charge in [-0.15, -0.1) is 11.6 Å². The van der Waals surface area contributed by atoms with Crippen LogP contribution in [0, 0.1) is 29.6 Å². The molecule has 10 unspecified atom stereocenters. The molecule has 0 aromatic heterocycles. The van der Waals surface area contributed by atoms with Crippen LogP contribution in [0.5, 0.6) is 0 Å². The largest absolute Gasteiger partial charge is 0.353 e. The molecule has 8 heteroatoms. The minimum absolute atomic E-state index is 0.00300. The van der Waals surface area contributed by atoms with Gasteiger partial charge in [0.15, 0.2) is 0 Å². The Morgan fingerprint density at radius 3 is 2.53 bits per heavy atom. The third-order valence-corrected chi connectivity index (χ3v) is 11.4. The summed E-state index contributed by atoms with van der Waals surface area (Å²) in [6.07, 6.45) is 7.78. The molecule has 3 heterocycles. The van der Waals surface area contributed by atoms with Crippen LogP contribution in [0.25, 0.3) is 0 Å². The van der Waals surface area contributed by atoms with E-state index in [2.05, 4.69) is 46.1 Å². The number of likely N-dealkylation sites (N-methyl/N-ethyl adjacent to an activating group) is 1. The lowest BCUT2D eigenvalue weighted by atomic mass is 9.65. The molecule has 10 atom stereocenters. The fourth-order valence-electron chi connectivity index (χ4n) is 8.60. The van der Waals surface area contributed by atoms with Crippen LogP contribution in [-0.2, 0) is 9.59 Å². The lowest BCUT2D eigenvalue weighted by Crippen LogP contribution is -2.60. The Balaban J connectivity index is 1.18. The van der Waals surface area contributed by atoms with Crippen LogP contribution in [0.2, 0.25) is 0 Å². The Bertz CT molecular complexity index is 835. The number of carbonyl (C=O) groups is 2. The first kappa shape index (κ1) is 28.6. The highest BCUT2D eigenvalue weighted by atomic mass is 35.5. The number of nitrogens with one attached hydrogen (secondary N) is 2. The molecule has 5 aliphatic rings. The van der Waals surface area contributed by atoms with Crippen molar-refractivity contribution in [3.05, 3.63) is 0 Å². The molecule has 216 valence electrons. The van der Waals surface area contributed by atoms with E-state index in [9.17, 15) is 9.59 Å². The van der Waals surface area contributed by atoms with E-state index in [4.69, 9.17) is 11.6 Å². The van der Waals surface area contributed by atoms with Crippen molar-refractivity contribution < 1.29 is 9.59 Å². The number of amides is 2. The molecule has 0 radical (unpaired) electrons. The van der Waals surface area contributed by atoms with Crippen LogP contribution in [0.4, 0.5) is 0 Å². The summed E-state index contributed by atoms with van der Waals surface area (Å²) >= 11 is 6.74. The number of carbonyl (C=O) groups excluding carboxylic acids is 2. The smallest absolute Gasteiger partial charge is 0.225 e. The molecular weight excluding hydrogens is 498 g/mol. The maximum Gasteiger partial charge on any atom is 0.225 e. The van der Waals surface area contributed by atoms with Crippen molar-refractivity contribution in [2.75, 3.05) is 46.3 Å². The summed E-state index contributed by atoms with van der Waals surface area (Å²) in [6.45, 7) is 13.3. The maximum absolute atomic E-state index is 13.6. The second-order valence-corrected chi connectivity index (χ2v) is 14.1. The normalized spacial score (nSPS) is 43.5. The lowest BCUT2D eigenvalue weighted by molar-refractivity contribution is -0.148. The zero-order chi connectivity index (χ0) is 27.0. The van der Waals surface area contributed by atoms with E-state index in [0.29, 0.717) is 41.8 Å². The van der Waals surface area contributed by atoms with Crippen molar-refractivity contribution in [1.29, 1.82) is 0 Å². The predicted molar refractivity (Wildman–Crippen MR) is 153 cm³/mol. The molecule has 2 N–H and O–H groups in total. The average Bonchev–Trinajstić information content (AvgIpc) is 2.92. The standard InChI is InChI=1S/C30H52ClN5O2/c1-5-35-8-10-36(11-9-35)25-14-21(13-23(31)16-25)29(37)33-24-7-6-19(2)26(17-24)27-15-22-18-32-20(3)12-28(22)34(4)30(27)38/h19-28,32H,5-18H2,1-4H3,(H,33,37). The number of piperazine rings is 1. The molecule has 0 bridgehead atoms. The van der Waals surface area contributed by atoms with Crippen molar-refractivity contribution in [3.63, 3.8) is 0 Å². The van der Waals surface area contributed by atoms with Gasteiger partial charge >= 0.3 is 0 Å². The van der Waals surface area contributed by atoms with Crippen LogP contribution in [0.15, 0.2) is 0 Å². The van der Waals surface area contributed by atoms with E-state index in [0.717, 1.165) is 90.6 Å². The summed E-state index contributed by atoms with van der Waals surface area (Å²) in [5.41, 5.74) is 0. The molecule has 2 aliphatic carbocycles. The van der Waals surface area contributed by atoms with Crippen molar-refractivity contribution in [1.82, 2.24) is 25.3 Å². The molecule has 3 aliphatic heterocycles. The summed E-state index contributed by atoms with van der Waals surface area (Å²) in [4.78, 5) is 34.3. The molecule has 0 aromatic rings. The van der Waals surface area contributed by atoms with Crippen LogP contribution in [-0.4, -0.2) is 102 Å². The molecule has 38 heavy (non-hydrogen) atoms. The van der Waals surface area contributed by atoms with Crippen LogP contribution >= 0.6 is 11.6 Å². The highest BCUT2D eigenvalue weighted by Gasteiger charge is 2.47. The van der Waals surface area contributed by atoms with Gasteiger partial charge in [-0.3, -0.25) is 14.5 Å². The molecular formula is C30H52ClN5O2. The van der Waals surface area contributed by atoms with Gasteiger partial charge < -0.3 is 20.4 Å². The average molecular weight is 550 g/mol. The van der Waals surface area contributed by atoms with Crippen molar-refractivity contribution in [3.8, 4) is 0 Å². The first-order chi connectivity index (χ1) is 18.2. The highest BCUT2D eigenvalue weighted by Crippen LogP contribution is 2.43. The van der Waals surface area contributed by atoms with Gasteiger partial charge in [-0.1, -0.05) is 13.8 Å². The fraction of sp³-hybridized carbons (Fsp3) is 0.933. The number of hydrogen-bond acceptors (Lipinski definition) is 5. The number of halogens is 1. The van der Waals surface area contributed by atoms with Gasteiger partial charge in [0.1, 0.15) is 0 Å². The van der Waals surface area contributed by atoms with E-state index in [1.807, 2.05) is 7.05 Å². The number of fused-ring (bicyclic) bond motifs is 1. The van der Waals surface area contributed by atoms with E-state index >= 15 is 0 Å². The Morgan fingerprint density at radius 1 is 1.03 bits per heavy atom. The summed E-state index contributed by atoms with van der Waals surface area (Å²) in [5.74, 6) is 2.02. The number of nitrogens with zero attached hydrogens (tertiary/aromatic N) is 3. The van der Waals surface area contributed by atoms with Gasteiger partial charge in [-0.05, 0) is 82.6 Å². The molecule has 3 saturated heterocycles. The molecule has 7 nitrogen and oxygen atoms in total. The Labute approximate surface area is 235 Å². The van der Waals surface area contributed by atoms with Crippen molar-refractivity contribution >= 4 is 23.4 Å². The van der Waals surface area contributed by atoms with Crippen molar-refractivity contribution in [2.24, 2.45) is 29.6 Å². The van der Waals surface area contributed by atoms with Gasteiger partial charge in [-0.25, -0.2) is 0 Å². The quantitative estimate of drug-likeness (QED) is 0.516. The van der Waals surface area contributed by atoms with Gasteiger partial charge in [0.2, 0.25) is 11.8 Å². The minimum atomic E-state index is -0.00300. The van der Waals surface area contributed by atoms with Gasteiger partial charge in [0, 0.05) is 81.2 Å². The summed E-state index contributed by atoms with van der Waals surface area (Å²) in [5, 5.41) is 7.18. The van der Waals surface area contributed by atoms with Crippen molar-refractivity contribution in [2.45, 2.75) is 102 Å². The zero-order valence-corrected chi connectivity index (χ0v) is 25.0. The molecule has 2 amide bonds. The van der Waals surface area contributed by atoms with E-state index in [1.165, 1.54) is 0 Å². The topological polar surface area (TPSA) is 67.9 Å². The Kier molecular flexibility index (Phi) is 9.28. The second kappa shape index (κ2) is 12.3. The van der Waals surface area contributed by atoms with E-state index in [1.54, 1.807) is 0 Å². The summed E-state index contributed by atoms with van der Waals surface area (Å²) in [6, 6.07) is 1.43. The predicted octanol–water partition coefficient (Wildman–Crippen LogP) is 3.17. The summed E-state index contributed by atoms with van der Waals surface area (Å²) in [7, 11) is 2.03. The molecule has 0 aromatic carbocycles. The molecule has 2 saturated carbocycles. The maximum atomic E-state index is 13.6. The fourth-order valence-corrected chi connectivity index (χ4v) is 9.02. The molecule has 5 rings (SSSR count). The zero-order valence-electron chi connectivity index (χ0n) is 24.2. The Hall–Kier alpha value is -0.890. The van der Waals surface area contributed by atoms with E-state index in [-0.39, 0.29) is 29.2 Å². The number of rotatable bonds is 5.